The van der Waals surface area contributed by atoms with Gasteiger partial charge in [-0.1, -0.05) is 25.1 Å². The van der Waals surface area contributed by atoms with Crippen molar-refractivity contribution in [3.63, 3.8) is 0 Å². The maximum absolute atomic E-state index is 12.6. The Bertz CT molecular complexity index is 1020. The van der Waals surface area contributed by atoms with Gasteiger partial charge in [-0.05, 0) is 30.3 Å². The third kappa shape index (κ3) is 6.13. The van der Waals surface area contributed by atoms with E-state index in [-0.39, 0.29) is 41.2 Å². The predicted octanol–water partition coefficient (Wildman–Crippen LogP) is 0.842. The van der Waals surface area contributed by atoms with Crippen molar-refractivity contribution in [3.05, 3.63) is 59.7 Å². The number of hydrogen-bond acceptors (Lipinski definition) is 5. The number of nitrogens with one attached hydrogen (secondary N) is 3. The second-order valence-electron chi connectivity index (χ2n) is 6.00. The van der Waals surface area contributed by atoms with Gasteiger partial charge in [0.25, 0.3) is 11.8 Å². The Morgan fingerprint density at radius 3 is 2.41 bits per heavy atom. The van der Waals surface area contributed by atoms with Gasteiger partial charge < -0.3 is 16.4 Å². The fourth-order valence-corrected chi connectivity index (χ4v) is 3.54. The molecule has 2 aromatic rings. The van der Waals surface area contributed by atoms with Crippen LogP contribution in [0.15, 0.2) is 53.4 Å². The van der Waals surface area contributed by atoms with Gasteiger partial charge in [-0.3, -0.25) is 14.4 Å². The zero-order chi connectivity index (χ0) is 21.4. The third-order valence-electron chi connectivity index (χ3n) is 3.82. The topological polar surface area (TPSA) is 147 Å². The van der Waals surface area contributed by atoms with E-state index in [2.05, 4.69) is 15.4 Å². The number of rotatable bonds is 9. The molecule has 29 heavy (non-hydrogen) atoms. The highest BCUT2D eigenvalue weighted by molar-refractivity contribution is 7.89. The van der Waals surface area contributed by atoms with Crippen molar-refractivity contribution >= 4 is 33.4 Å². The van der Waals surface area contributed by atoms with E-state index in [1.54, 1.807) is 25.1 Å². The fraction of sp³-hybridized carbons (Fsp3) is 0.211. The van der Waals surface area contributed by atoms with Crippen LogP contribution in [0.3, 0.4) is 0 Å². The van der Waals surface area contributed by atoms with Crippen LogP contribution < -0.4 is 21.1 Å². The molecule has 0 atom stereocenters. The number of anilines is 1. The molecule has 0 radical (unpaired) electrons. The lowest BCUT2D eigenvalue weighted by Gasteiger charge is -2.12. The number of carbonyl (C=O) groups is 3. The Hall–Kier alpha value is -3.24. The van der Waals surface area contributed by atoms with Crippen LogP contribution in [0.5, 0.6) is 0 Å². The molecule has 0 fully saturated rings. The summed E-state index contributed by atoms with van der Waals surface area (Å²) >= 11 is 0. The molecule has 0 spiro atoms. The van der Waals surface area contributed by atoms with Crippen LogP contribution in [0, 0.1) is 0 Å². The first-order valence-corrected chi connectivity index (χ1v) is 10.3. The van der Waals surface area contributed by atoms with E-state index in [0.717, 1.165) is 0 Å². The van der Waals surface area contributed by atoms with Crippen LogP contribution in [0.4, 0.5) is 5.69 Å². The lowest BCUT2D eigenvalue weighted by Crippen LogP contribution is -2.29. The van der Waals surface area contributed by atoms with Crippen molar-refractivity contribution in [2.45, 2.75) is 18.2 Å². The van der Waals surface area contributed by atoms with Gasteiger partial charge in [0.05, 0.1) is 16.1 Å². The molecule has 0 saturated heterocycles. The molecule has 0 saturated carbocycles. The molecule has 10 heteroatoms. The molecular formula is C19H22N4O5S. The summed E-state index contributed by atoms with van der Waals surface area (Å²) in [5.41, 5.74) is 5.60. The van der Waals surface area contributed by atoms with Gasteiger partial charge in [-0.25, -0.2) is 13.1 Å². The molecule has 0 aliphatic rings. The Morgan fingerprint density at radius 2 is 1.72 bits per heavy atom. The quantitative estimate of drug-likeness (QED) is 0.476. The monoisotopic (exact) mass is 418 g/mol. The average molecular weight is 418 g/mol. The molecular weight excluding hydrogens is 396 g/mol. The Labute approximate surface area is 168 Å². The summed E-state index contributed by atoms with van der Waals surface area (Å²) in [6.45, 7) is 1.94. The van der Waals surface area contributed by atoms with Gasteiger partial charge in [0.15, 0.2) is 0 Å². The number of hydrogen-bond donors (Lipinski definition) is 4. The lowest BCUT2D eigenvalue weighted by atomic mass is 10.1. The minimum Gasteiger partial charge on any atom is -0.370 e. The summed E-state index contributed by atoms with van der Waals surface area (Å²) in [5, 5.41) is 5.16. The highest BCUT2D eigenvalue weighted by Gasteiger charge is 2.17. The molecule has 0 aromatic heterocycles. The second-order valence-corrected chi connectivity index (χ2v) is 7.77. The van der Waals surface area contributed by atoms with Crippen molar-refractivity contribution in [2.24, 2.45) is 5.73 Å². The second kappa shape index (κ2) is 9.80. The summed E-state index contributed by atoms with van der Waals surface area (Å²) in [5.74, 6) is -1.60. The van der Waals surface area contributed by atoms with E-state index in [1.807, 2.05) is 0 Å². The van der Waals surface area contributed by atoms with Gasteiger partial charge in [0.2, 0.25) is 15.9 Å². The maximum atomic E-state index is 12.6. The van der Waals surface area contributed by atoms with E-state index in [0.29, 0.717) is 0 Å². The average Bonchev–Trinajstić information content (AvgIpc) is 2.68. The number of sulfonamides is 1. The third-order valence-corrected chi connectivity index (χ3v) is 5.36. The highest BCUT2D eigenvalue weighted by atomic mass is 32.2. The number of primary amides is 1. The number of carbonyl (C=O) groups excluding carboxylic acids is 3. The molecule has 5 N–H and O–H groups in total. The van der Waals surface area contributed by atoms with Crippen LogP contribution in [0.25, 0.3) is 0 Å². The molecule has 0 aliphatic carbocycles. The molecule has 0 aliphatic heterocycles. The predicted molar refractivity (Wildman–Crippen MR) is 108 cm³/mol. The Kier molecular flexibility index (Phi) is 7.46. The standard InChI is InChI=1S/C19H22N4O5S/c1-2-22-29(27,28)14-7-5-6-13(12-14)18(25)23-16-9-4-3-8-15(16)19(26)21-11-10-17(20)24/h3-9,12,22H,2,10-11H2,1H3,(H2,20,24)(H,21,26)(H,23,25). The van der Waals surface area contributed by atoms with Crippen LogP contribution in [0.2, 0.25) is 0 Å². The molecule has 2 rings (SSSR count). The number of para-hydroxylation sites is 1. The normalized spacial score (nSPS) is 10.9. The number of benzene rings is 2. The summed E-state index contributed by atoms with van der Waals surface area (Å²) in [7, 11) is -3.71. The molecule has 9 nitrogen and oxygen atoms in total. The molecule has 3 amide bonds. The van der Waals surface area contributed by atoms with Crippen molar-refractivity contribution in [1.29, 1.82) is 0 Å². The zero-order valence-electron chi connectivity index (χ0n) is 15.8. The minimum absolute atomic E-state index is 0.00662. The van der Waals surface area contributed by atoms with Gasteiger partial charge in [0, 0.05) is 25.1 Å². The first-order valence-electron chi connectivity index (χ1n) is 8.81. The minimum atomic E-state index is -3.71. The van der Waals surface area contributed by atoms with Crippen molar-refractivity contribution in [2.75, 3.05) is 18.4 Å². The van der Waals surface area contributed by atoms with Crippen LogP contribution in [-0.4, -0.2) is 39.2 Å². The van der Waals surface area contributed by atoms with Crippen LogP contribution in [0.1, 0.15) is 34.1 Å². The fourth-order valence-electron chi connectivity index (χ4n) is 2.46. The van der Waals surface area contributed by atoms with E-state index in [1.165, 1.54) is 30.3 Å². The van der Waals surface area contributed by atoms with Crippen LogP contribution in [-0.2, 0) is 14.8 Å². The van der Waals surface area contributed by atoms with Gasteiger partial charge >= 0.3 is 0 Å². The summed E-state index contributed by atoms with van der Waals surface area (Å²) in [6.07, 6.45) is -0.00662. The van der Waals surface area contributed by atoms with E-state index >= 15 is 0 Å². The van der Waals surface area contributed by atoms with Crippen molar-refractivity contribution in [3.8, 4) is 0 Å². The summed E-state index contributed by atoms with van der Waals surface area (Å²) in [4.78, 5) is 35.7. The smallest absolute Gasteiger partial charge is 0.255 e. The Balaban J connectivity index is 2.20. The molecule has 0 heterocycles. The SMILES string of the molecule is CCNS(=O)(=O)c1cccc(C(=O)Nc2ccccc2C(=O)NCCC(N)=O)c1. The first kappa shape index (κ1) is 22.1. The largest absolute Gasteiger partial charge is 0.370 e. The highest BCUT2D eigenvalue weighted by Crippen LogP contribution is 2.18. The van der Waals surface area contributed by atoms with E-state index in [4.69, 9.17) is 5.73 Å². The van der Waals surface area contributed by atoms with Gasteiger partial charge in [-0.2, -0.15) is 0 Å². The van der Waals surface area contributed by atoms with Gasteiger partial charge in [0.1, 0.15) is 0 Å². The molecule has 2 aromatic carbocycles. The van der Waals surface area contributed by atoms with E-state index in [9.17, 15) is 22.8 Å². The zero-order valence-corrected chi connectivity index (χ0v) is 16.6. The first-order chi connectivity index (χ1) is 13.7. The molecule has 0 unspecified atom stereocenters. The number of nitrogens with two attached hydrogens (primary N) is 1. The summed E-state index contributed by atoms with van der Waals surface area (Å²) in [6, 6.07) is 11.9. The van der Waals surface area contributed by atoms with Crippen molar-refractivity contribution < 1.29 is 22.8 Å². The van der Waals surface area contributed by atoms with Gasteiger partial charge in [-0.15, -0.1) is 0 Å². The maximum Gasteiger partial charge on any atom is 0.255 e. The number of amides is 3. The van der Waals surface area contributed by atoms with Crippen LogP contribution >= 0.6 is 0 Å². The van der Waals surface area contributed by atoms with E-state index < -0.39 is 27.7 Å². The molecule has 0 bridgehead atoms. The summed E-state index contributed by atoms with van der Waals surface area (Å²) < 4.78 is 26.6. The lowest BCUT2D eigenvalue weighted by molar-refractivity contribution is -0.117. The van der Waals surface area contributed by atoms with Crippen molar-refractivity contribution in [1.82, 2.24) is 10.0 Å². The molecule has 154 valence electrons. The Morgan fingerprint density at radius 1 is 1.00 bits per heavy atom.